The molecule has 2 aromatic carbocycles. The van der Waals surface area contributed by atoms with E-state index in [0.717, 1.165) is 59.0 Å². The van der Waals surface area contributed by atoms with Gasteiger partial charge in [-0.2, -0.15) is 5.26 Å². The van der Waals surface area contributed by atoms with Gasteiger partial charge in [-0.15, -0.1) is 0 Å². The normalized spacial score (nSPS) is 14.0. The van der Waals surface area contributed by atoms with Crippen LogP contribution in [-0.4, -0.2) is 42.2 Å². The predicted molar refractivity (Wildman–Crippen MR) is 131 cm³/mol. The molecule has 2 heterocycles. The Balaban J connectivity index is 1.75. The van der Waals surface area contributed by atoms with Crippen LogP contribution in [-0.2, 0) is 5.41 Å². The van der Waals surface area contributed by atoms with E-state index in [2.05, 4.69) is 49.7 Å². The number of hydrogen-bond donors (Lipinski definition) is 1. The van der Waals surface area contributed by atoms with Crippen molar-refractivity contribution in [3.8, 4) is 29.1 Å². The standard InChI is InChI=1S/C27H33N3O3/c1-7-30(8-2)11-12-31-23-14-20-22(15-24(23)32-17(3)4)33-25-19-10-9-18(16-28)13-21(19)29-26(25)27(20,5)6/h9-10,13-15,17,29H,7-8,11-12H2,1-6H3. The number of benzene rings is 2. The third kappa shape index (κ3) is 4.26. The fourth-order valence-electron chi connectivity index (χ4n) is 4.43. The van der Waals surface area contributed by atoms with Crippen molar-refractivity contribution in [2.45, 2.75) is 53.1 Å². The molecule has 0 aliphatic carbocycles. The number of likely N-dealkylation sites (N-methyl/N-ethyl adjacent to an activating group) is 1. The van der Waals surface area contributed by atoms with Gasteiger partial charge in [-0.1, -0.05) is 13.8 Å². The lowest BCUT2D eigenvalue weighted by Gasteiger charge is -2.33. The molecular weight excluding hydrogens is 414 g/mol. The third-order valence-electron chi connectivity index (χ3n) is 6.36. The Morgan fingerprint density at radius 2 is 1.88 bits per heavy atom. The van der Waals surface area contributed by atoms with E-state index in [4.69, 9.17) is 14.2 Å². The summed E-state index contributed by atoms with van der Waals surface area (Å²) in [5.74, 6) is 2.99. The van der Waals surface area contributed by atoms with E-state index in [1.165, 1.54) is 0 Å². The van der Waals surface area contributed by atoms with Crippen LogP contribution in [0.4, 0.5) is 0 Å². The van der Waals surface area contributed by atoms with Gasteiger partial charge >= 0.3 is 0 Å². The monoisotopic (exact) mass is 447 g/mol. The summed E-state index contributed by atoms with van der Waals surface area (Å²) in [5.41, 5.74) is 3.20. The van der Waals surface area contributed by atoms with Crippen LogP contribution < -0.4 is 14.2 Å². The minimum absolute atomic E-state index is 0.0119. The topological polar surface area (TPSA) is 70.5 Å². The summed E-state index contributed by atoms with van der Waals surface area (Å²) in [5, 5.41) is 10.3. The second kappa shape index (κ2) is 8.99. The second-order valence-corrected chi connectivity index (χ2v) is 9.27. The van der Waals surface area contributed by atoms with Crippen LogP contribution in [0.5, 0.6) is 23.0 Å². The number of ether oxygens (including phenoxy) is 3. The van der Waals surface area contributed by atoms with Crippen molar-refractivity contribution in [2.75, 3.05) is 26.2 Å². The number of aromatic nitrogens is 1. The number of aromatic amines is 1. The fraction of sp³-hybridized carbons (Fsp3) is 0.444. The van der Waals surface area contributed by atoms with Gasteiger partial charge < -0.3 is 24.1 Å². The van der Waals surface area contributed by atoms with Gasteiger partial charge in [-0.3, -0.25) is 0 Å². The molecule has 174 valence electrons. The number of nitrogens with zero attached hydrogens (tertiary/aromatic N) is 2. The minimum Gasteiger partial charge on any atom is -0.488 e. The molecule has 3 aromatic rings. The molecule has 6 heteroatoms. The number of fused-ring (bicyclic) bond motifs is 4. The molecule has 0 radical (unpaired) electrons. The number of rotatable bonds is 8. The van der Waals surface area contributed by atoms with Crippen molar-refractivity contribution in [3.63, 3.8) is 0 Å². The highest BCUT2D eigenvalue weighted by atomic mass is 16.5. The van der Waals surface area contributed by atoms with Crippen molar-refractivity contribution in [3.05, 3.63) is 47.2 Å². The van der Waals surface area contributed by atoms with Gasteiger partial charge in [-0.05, 0) is 65.0 Å². The second-order valence-electron chi connectivity index (χ2n) is 9.27. The minimum atomic E-state index is -0.345. The zero-order valence-electron chi connectivity index (χ0n) is 20.4. The van der Waals surface area contributed by atoms with Gasteiger partial charge in [0.15, 0.2) is 17.2 Å². The highest BCUT2D eigenvalue weighted by Crippen LogP contribution is 2.53. The van der Waals surface area contributed by atoms with Gasteiger partial charge in [0.1, 0.15) is 12.4 Å². The summed E-state index contributed by atoms with van der Waals surface area (Å²) in [4.78, 5) is 5.84. The molecule has 0 unspecified atom stereocenters. The van der Waals surface area contributed by atoms with Crippen LogP contribution in [0.2, 0.25) is 0 Å². The Labute approximate surface area is 196 Å². The molecule has 4 rings (SSSR count). The van der Waals surface area contributed by atoms with E-state index in [-0.39, 0.29) is 11.5 Å². The Kier molecular flexibility index (Phi) is 6.27. The zero-order valence-corrected chi connectivity index (χ0v) is 20.4. The maximum atomic E-state index is 9.29. The van der Waals surface area contributed by atoms with Crippen molar-refractivity contribution in [1.29, 1.82) is 5.26 Å². The summed E-state index contributed by atoms with van der Waals surface area (Å²) in [6.07, 6.45) is 0.0119. The molecular formula is C27H33N3O3. The maximum absolute atomic E-state index is 9.29. The first kappa shape index (κ1) is 23.0. The first-order chi connectivity index (χ1) is 15.8. The Bertz CT molecular complexity index is 1200. The third-order valence-corrected chi connectivity index (χ3v) is 6.36. The van der Waals surface area contributed by atoms with Gasteiger partial charge in [0.05, 0.1) is 28.9 Å². The largest absolute Gasteiger partial charge is 0.488 e. The van der Waals surface area contributed by atoms with Crippen LogP contribution >= 0.6 is 0 Å². The smallest absolute Gasteiger partial charge is 0.165 e. The van der Waals surface area contributed by atoms with Crippen LogP contribution in [0.1, 0.15) is 58.4 Å². The molecule has 0 bridgehead atoms. The summed E-state index contributed by atoms with van der Waals surface area (Å²) in [6, 6.07) is 11.9. The molecule has 6 nitrogen and oxygen atoms in total. The lowest BCUT2D eigenvalue weighted by Crippen LogP contribution is -2.28. The maximum Gasteiger partial charge on any atom is 0.165 e. The van der Waals surface area contributed by atoms with Crippen molar-refractivity contribution < 1.29 is 14.2 Å². The van der Waals surface area contributed by atoms with E-state index in [0.29, 0.717) is 17.9 Å². The summed E-state index contributed by atoms with van der Waals surface area (Å²) < 4.78 is 18.8. The van der Waals surface area contributed by atoms with E-state index in [9.17, 15) is 5.26 Å². The summed E-state index contributed by atoms with van der Waals surface area (Å²) in [6.45, 7) is 16.1. The Morgan fingerprint density at radius 3 is 2.55 bits per heavy atom. The summed E-state index contributed by atoms with van der Waals surface area (Å²) in [7, 11) is 0. The highest BCUT2D eigenvalue weighted by molar-refractivity contribution is 5.90. The SMILES string of the molecule is CCN(CC)CCOc1cc2c(cc1OC(C)C)Oc1c([nH]c3cc(C#N)ccc13)C2(C)C. The Morgan fingerprint density at radius 1 is 1.12 bits per heavy atom. The number of nitriles is 1. The Hall–Kier alpha value is -3.17. The molecule has 0 atom stereocenters. The molecule has 0 spiro atoms. The van der Waals surface area contributed by atoms with E-state index < -0.39 is 0 Å². The number of H-pyrrole nitrogens is 1. The molecule has 1 aliphatic heterocycles. The van der Waals surface area contributed by atoms with E-state index in [1.807, 2.05) is 38.1 Å². The van der Waals surface area contributed by atoms with E-state index in [1.54, 1.807) is 0 Å². The lowest BCUT2D eigenvalue weighted by atomic mass is 9.79. The fourth-order valence-corrected chi connectivity index (χ4v) is 4.43. The first-order valence-corrected chi connectivity index (χ1v) is 11.7. The molecule has 0 amide bonds. The molecule has 33 heavy (non-hydrogen) atoms. The summed E-state index contributed by atoms with van der Waals surface area (Å²) >= 11 is 0. The van der Waals surface area contributed by atoms with Crippen LogP contribution in [0, 0.1) is 11.3 Å². The van der Waals surface area contributed by atoms with Gasteiger partial charge in [0.25, 0.3) is 0 Å². The van der Waals surface area contributed by atoms with Crippen molar-refractivity contribution in [2.24, 2.45) is 0 Å². The number of hydrogen-bond acceptors (Lipinski definition) is 5. The van der Waals surface area contributed by atoms with Gasteiger partial charge in [0.2, 0.25) is 0 Å². The lowest BCUT2D eigenvalue weighted by molar-refractivity contribution is 0.197. The molecule has 1 aliphatic rings. The molecule has 0 fully saturated rings. The van der Waals surface area contributed by atoms with Crippen LogP contribution in [0.25, 0.3) is 10.9 Å². The average molecular weight is 448 g/mol. The van der Waals surface area contributed by atoms with Crippen LogP contribution in [0.3, 0.4) is 0 Å². The predicted octanol–water partition coefficient (Wildman–Crippen LogP) is 5.98. The molecule has 0 saturated heterocycles. The average Bonchev–Trinajstić information content (AvgIpc) is 3.15. The van der Waals surface area contributed by atoms with Gasteiger partial charge in [0, 0.05) is 29.0 Å². The van der Waals surface area contributed by atoms with Gasteiger partial charge in [-0.25, -0.2) is 0 Å². The van der Waals surface area contributed by atoms with Crippen LogP contribution in [0.15, 0.2) is 30.3 Å². The molecule has 0 saturated carbocycles. The molecule has 1 N–H and O–H groups in total. The van der Waals surface area contributed by atoms with Crippen molar-refractivity contribution in [1.82, 2.24) is 9.88 Å². The highest BCUT2D eigenvalue weighted by Gasteiger charge is 2.38. The van der Waals surface area contributed by atoms with E-state index >= 15 is 0 Å². The molecule has 1 aromatic heterocycles. The quantitative estimate of drug-likeness (QED) is 0.460. The first-order valence-electron chi connectivity index (χ1n) is 11.7. The van der Waals surface area contributed by atoms with Crippen molar-refractivity contribution >= 4 is 10.9 Å². The number of nitrogens with one attached hydrogen (secondary N) is 1. The zero-order chi connectivity index (χ0) is 23.8.